The first-order valence-electron chi connectivity index (χ1n) is 8.43. The molecule has 2 aromatic rings. The second-order valence-corrected chi connectivity index (χ2v) is 6.38. The van der Waals surface area contributed by atoms with Crippen molar-refractivity contribution in [2.45, 2.75) is 44.2 Å². The van der Waals surface area contributed by atoms with Gasteiger partial charge in [0, 0.05) is 49.4 Å². The molecule has 2 aliphatic rings. The third kappa shape index (κ3) is 3.17. The lowest BCUT2D eigenvalue weighted by Gasteiger charge is -2.39. The maximum absolute atomic E-state index is 12.0. The van der Waals surface area contributed by atoms with Crippen LogP contribution < -0.4 is 5.32 Å². The van der Waals surface area contributed by atoms with Crippen LogP contribution in [0.15, 0.2) is 29.0 Å². The van der Waals surface area contributed by atoms with Crippen LogP contribution in [-0.4, -0.2) is 39.8 Å². The number of ether oxygens (including phenoxy) is 1. The summed E-state index contributed by atoms with van der Waals surface area (Å²) in [6.07, 6.45) is 7.55. The normalized spacial score (nSPS) is 25.1. The predicted molar refractivity (Wildman–Crippen MR) is 84.9 cm³/mol. The number of nitrogens with one attached hydrogen (secondary N) is 1. The second kappa shape index (κ2) is 6.68. The Kier molecular flexibility index (Phi) is 4.25. The predicted octanol–water partition coefficient (Wildman–Crippen LogP) is 1.75. The van der Waals surface area contributed by atoms with Gasteiger partial charge in [0.05, 0.1) is 6.10 Å². The van der Waals surface area contributed by atoms with Crippen LogP contribution in [0.25, 0.3) is 11.4 Å². The van der Waals surface area contributed by atoms with Crippen molar-refractivity contribution in [1.29, 1.82) is 0 Å². The summed E-state index contributed by atoms with van der Waals surface area (Å²) in [6.45, 7) is 0.831. The minimum atomic E-state index is 0.0948. The Bertz CT molecular complexity index is 703. The minimum Gasteiger partial charge on any atom is -0.378 e. The molecule has 1 saturated carbocycles. The van der Waals surface area contributed by atoms with Gasteiger partial charge in [-0.15, -0.1) is 0 Å². The van der Waals surface area contributed by atoms with Crippen molar-refractivity contribution in [2.75, 3.05) is 6.61 Å². The van der Waals surface area contributed by atoms with Crippen molar-refractivity contribution in [3.05, 3.63) is 30.4 Å². The van der Waals surface area contributed by atoms with Gasteiger partial charge in [0.2, 0.25) is 17.6 Å². The summed E-state index contributed by atoms with van der Waals surface area (Å²) in [4.78, 5) is 20.4. The molecule has 126 valence electrons. The van der Waals surface area contributed by atoms with E-state index < -0.39 is 0 Å². The zero-order valence-electron chi connectivity index (χ0n) is 13.4. The fraction of sp³-hybridized carbons (Fsp3) is 0.529. The number of rotatable bonds is 6. The molecule has 0 bridgehead atoms. The number of fused-ring (bicyclic) bond motifs is 1. The van der Waals surface area contributed by atoms with Crippen LogP contribution in [0.5, 0.6) is 0 Å². The highest BCUT2D eigenvalue weighted by Crippen LogP contribution is 2.38. The third-order valence-corrected chi connectivity index (χ3v) is 4.79. The minimum absolute atomic E-state index is 0.0948. The maximum Gasteiger partial charge on any atom is 0.226 e. The average Bonchev–Trinajstić information content (AvgIpc) is 3.20. The molecule has 7 heteroatoms. The van der Waals surface area contributed by atoms with Crippen molar-refractivity contribution in [3.63, 3.8) is 0 Å². The summed E-state index contributed by atoms with van der Waals surface area (Å²) >= 11 is 0. The van der Waals surface area contributed by atoms with Crippen LogP contribution in [0.3, 0.4) is 0 Å². The number of aryl methyl sites for hydroxylation is 1. The molecule has 3 atom stereocenters. The van der Waals surface area contributed by atoms with Crippen LogP contribution >= 0.6 is 0 Å². The van der Waals surface area contributed by atoms with E-state index in [1.807, 2.05) is 12.1 Å². The quantitative estimate of drug-likeness (QED) is 0.869. The molecule has 2 fully saturated rings. The zero-order valence-corrected chi connectivity index (χ0v) is 13.4. The van der Waals surface area contributed by atoms with E-state index in [0.29, 0.717) is 49.0 Å². The molecule has 1 saturated heterocycles. The Labute approximate surface area is 139 Å². The Morgan fingerprint density at radius 2 is 2.38 bits per heavy atom. The monoisotopic (exact) mass is 328 g/mol. The number of carbonyl (C=O) groups excluding carboxylic acids is 1. The van der Waals surface area contributed by atoms with Gasteiger partial charge in [0.1, 0.15) is 0 Å². The van der Waals surface area contributed by atoms with Gasteiger partial charge in [-0.2, -0.15) is 4.98 Å². The number of pyridine rings is 1. The number of hydrogen-bond acceptors (Lipinski definition) is 6. The molecule has 4 rings (SSSR count). The highest BCUT2D eigenvalue weighted by Gasteiger charge is 2.45. The van der Waals surface area contributed by atoms with E-state index >= 15 is 0 Å². The lowest BCUT2D eigenvalue weighted by Crippen LogP contribution is -2.53. The molecule has 2 aromatic heterocycles. The highest BCUT2D eigenvalue weighted by molar-refractivity contribution is 5.76. The van der Waals surface area contributed by atoms with Crippen molar-refractivity contribution in [1.82, 2.24) is 20.4 Å². The smallest absolute Gasteiger partial charge is 0.226 e. The molecule has 24 heavy (non-hydrogen) atoms. The molecule has 1 amide bonds. The van der Waals surface area contributed by atoms with Crippen LogP contribution in [0.4, 0.5) is 0 Å². The molecule has 1 aliphatic carbocycles. The Morgan fingerprint density at radius 1 is 1.42 bits per heavy atom. The van der Waals surface area contributed by atoms with E-state index in [1.54, 1.807) is 12.4 Å². The van der Waals surface area contributed by atoms with Crippen LogP contribution in [-0.2, 0) is 16.0 Å². The molecule has 1 aliphatic heterocycles. The molecule has 0 unspecified atom stereocenters. The molecule has 0 radical (unpaired) electrons. The fourth-order valence-corrected chi connectivity index (χ4v) is 3.41. The summed E-state index contributed by atoms with van der Waals surface area (Å²) in [5.41, 5.74) is 0.823. The van der Waals surface area contributed by atoms with Crippen molar-refractivity contribution in [3.8, 4) is 11.4 Å². The van der Waals surface area contributed by atoms with Gasteiger partial charge in [-0.05, 0) is 31.4 Å². The first kappa shape index (κ1) is 15.3. The SMILES string of the molecule is O=C(CCCc1nc(-c2cccnc2)no1)N[C@H]1C[C@@H]2OCC[C@H]12. The largest absolute Gasteiger partial charge is 0.378 e. The van der Waals surface area contributed by atoms with E-state index in [2.05, 4.69) is 20.4 Å². The lowest BCUT2D eigenvalue weighted by molar-refractivity contribution is -0.124. The van der Waals surface area contributed by atoms with Gasteiger partial charge in [-0.3, -0.25) is 9.78 Å². The molecular weight excluding hydrogens is 308 g/mol. The summed E-state index contributed by atoms with van der Waals surface area (Å²) in [5.74, 6) is 1.70. The Morgan fingerprint density at radius 3 is 3.21 bits per heavy atom. The fourth-order valence-electron chi connectivity index (χ4n) is 3.41. The van der Waals surface area contributed by atoms with Gasteiger partial charge in [-0.1, -0.05) is 5.16 Å². The van der Waals surface area contributed by atoms with Crippen LogP contribution in [0.1, 0.15) is 31.6 Å². The van der Waals surface area contributed by atoms with E-state index in [1.165, 1.54) is 0 Å². The van der Waals surface area contributed by atoms with Crippen molar-refractivity contribution in [2.24, 2.45) is 5.92 Å². The van der Waals surface area contributed by atoms with E-state index in [9.17, 15) is 4.79 Å². The summed E-state index contributed by atoms with van der Waals surface area (Å²) in [6, 6.07) is 4.01. The average molecular weight is 328 g/mol. The summed E-state index contributed by atoms with van der Waals surface area (Å²) in [7, 11) is 0. The first-order chi connectivity index (χ1) is 11.8. The van der Waals surface area contributed by atoms with Gasteiger partial charge in [0.15, 0.2) is 0 Å². The molecule has 0 spiro atoms. The van der Waals surface area contributed by atoms with E-state index in [4.69, 9.17) is 9.26 Å². The van der Waals surface area contributed by atoms with Gasteiger partial charge < -0.3 is 14.6 Å². The number of carbonyl (C=O) groups is 1. The number of nitrogens with zero attached hydrogens (tertiary/aromatic N) is 3. The lowest BCUT2D eigenvalue weighted by atomic mass is 9.76. The summed E-state index contributed by atoms with van der Waals surface area (Å²) in [5, 5.41) is 7.06. The summed E-state index contributed by atoms with van der Waals surface area (Å²) < 4.78 is 10.8. The molecule has 7 nitrogen and oxygen atoms in total. The topological polar surface area (TPSA) is 90.1 Å². The van der Waals surface area contributed by atoms with Crippen molar-refractivity contribution < 1.29 is 14.1 Å². The van der Waals surface area contributed by atoms with Gasteiger partial charge >= 0.3 is 0 Å². The first-order valence-corrected chi connectivity index (χ1v) is 8.43. The zero-order chi connectivity index (χ0) is 16.4. The number of amides is 1. The third-order valence-electron chi connectivity index (χ3n) is 4.79. The van der Waals surface area contributed by atoms with Crippen molar-refractivity contribution >= 4 is 5.91 Å². The Hall–Kier alpha value is -2.28. The number of hydrogen-bond donors (Lipinski definition) is 1. The van der Waals surface area contributed by atoms with Gasteiger partial charge in [0.25, 0.3) is 0 Å². The standard InChI is InChI=1S/C17H20N4O3/c22-15(19-13-9-14-12(13)6-8-23-14)4-1-5-16-20-17(21-24-16)11-3-2-7-18-10-11/h2-3,7,10,12-14H,1,4-6,8-9H2,(H,19,22)/t12-,13+,14+/m1/s1. The molecule has 0 aromatic carbocycles. The highest BCUT2D eigenvalue weighted by atomic mass is 16.5. The number of aromatic nitrogens is 3. The molecular formula is C17H20N4O3. The maximum atomic E-state index is 12.0. The van der Waals surface area contributed by atoms with E-state index in [-0.39, 0.29) is 5.91 Å². The second-order valence-electron chi connectivity index (χ2n) is 6.38. The van der Waals surface area contributed by atoms with Crippen LogP contribution in [0, 0.1) is 5.92 Å². The Balaban J connectivity index is 1.21. The van der Waals surface area contributed by atoms with E-state index in [0.717, 1.165) is 25.0 Å². The molecule has 3 heterocycles. The van der Waals surface area contributed by atoms with Gasteiger partial charge in [-0.25, -0.2) is 0 Å². The van der Waals surface area contributed by atoms with Crippen LogP contribution in [0.2, 0.25) is 0 Å². The molecule has 1 N–H and O–H groups in total.